The van der Waals surface area contributed by atoms with Gasteiger partial charge in [0.05, 0.1) is 13.2 Å². The van der Waals surface area contributed by atoms with Crippen molar-refractivity contribution in [2.24, 2.45) is 0 Å². The summed E-state index contributed by atoms with van der Waals surface area (Å²) in [6.45, 7) is 17.8. The first kappa shape index (κ1) is 46.3. The number of halogens is 4. The second kappa shape index (κ2) is 23.8. The van der Waals surface area contributed by atoms with Gasteiger partial charge in [0.25, 0.3) is 0 Å². The Kier molecular flexibility index (Phi) is 22.0. The van der Waals surface area contributed by atoms with Crippen molar-refractivity contribution in [1.29, 1.82) is 0 Å². The molecule has 4 aromatic rings. The topological polar surface area (TPSA) is 206 Å². The molecule has 0 saturated carbocycles. The normalized spacial score (nSPS) is 12.2. The third kappa shape index (κ3) is 17.7. The van der Waals surface area contributed by atoms with Crippen LogP contribution in [0.15, 0.2) is 0 Å². The molecule has 3 atom stereocenters. The molecule has 0 aliphatic carbocycles. The van der Waals surface area contributed by atoms with Gasteiger partial charge in [0, 0.05) is 96.2 Å². The van der Waals surface area contributed by atoms with Crippen LogP contribution in [0.1, 0.15) is 57.9 Å². The van der Waals surface area contributed by atoms with Crippen molar-refractivity contribution < 1.29 is 79.6 Å². The average Bonchev–Trinajstić information content (AvgIpc) is 2.98. The molecule has 0 spiro atoms. The van der Waals surface area contributed by atoms with E-state index in [1.165, 1.54) is 0 Å². The minimum atomic E-state index is -0.369. The Morgan fingerprint density at radius 2 is 1.02 bits per heavy atom. The van der Waals surface area contributed by atoms with E-state index in [2.05, 4.69) is 84.3 Å². The average molecular weight is 922 g/mol. The minimum Gasteiger partial charge on any atom is -0.459 e. The molecule has 50 heavy (non-hydrogen) atoms. The Bertz CT molecular complexity index is 1600. The number of nitrogens with zero attached hydrogens (tertiary/aromatic N) is 12. The maximum atomic E-state index is 5.89. The standard InChI is InChI=1S/C15H21Cl2N8O.C12H13Cl2N6O2.2Y/c1-5-11-22-13(17)25-15(23-11)19-9(3)7-26-6-8(2)18-14-21-10(4)20-12(16)24-14;1-4-8-17-10(14)20-12(18-8)22-6(2)5-21-11-16-7(3)15-9(13)19-11;;/h8-9H,4-7H2,1-3H3,(H,18,20,21,24)(H,19,22,23,25);6H,3-5H2,1-2H3;;/q2*-1;;. The quantitative estimate of drug-likeness (QED) is 0.159. The van der Waals surface area contributed by atoms with Gasteiger partial charge in [-0.25, -0.2) is 29.9 Å². The second-order valence-corrected chi connectivity index (χ2v) is 11.2. The molecule has 0 fully saturated rings. The zero-order valence-electron chi connectivity index (χ0n) is 27.9. The number of aryl methyl sites for hydroxylation is 2. The molecule has 17 nitrogen and oxygen atoms in total. The van der Waals surface area contributed by atoms with Crippen LogP contribution < -0.4 is 20.1 Å². The van der Waals surface area contributed by atoms with E-state index in [-0.39, 0.29) is 129 Å². The molecule has 0 aliphatic heterocycles. The summed E-state index contributed by atoms with van der Waals surface area (Å²) in [5, 5.41) is 6.60. The Hall–Kier alpha value is -1.69. The summed E-state index contributed by atoms with van der Waals surface area (Å²) in [4.78, 5) is 47.7. The van der Waals surface area contributed by atoms with Crippen LogP contribution in [0.2, 0.25) is 21.1 Å². The Labute approximate surface area is 360 Å². The van der Waals surface area contributed by atoms with Crippen LogP contribution in [-0.4, -0.2) is 97.8 Å². The van der Waals surface area contributed by atoms with Crippen LogP contribution >= 0.6 is 46.4 Å². The fourth-order valence-electron chi connectivity index (χ4n) is 3.44. The van der Waals surface area contributed by atoms with Gasteiger partial charge in [0.15, 0.2) is 0 Å². The van der Waals surface area contributed by atoms with Gasteiger partial charge in [0.2, 0.25) is 33.0 Å². The van der Waals surface area contributed by atoms with Crippen molar-refractivity contribution in [3.63, 3.8) is 0 Å². The van der Waals surface area contributed by atoms with Gasteiger partial charge in [-0.05, 0) is 73.0 Å². The first-order valence-electron chi connectivity index (χ1n) is 14.5. The molecule has 2 N–H and O–H groups in total. The molecule has 0 amide bonds. The predicted molar refractivity (Wildman–Crippen MR) is 180 cm³/mol. The summed E-state index contributed by atoms with van der Waals surface area (Å²) in [5.74, 6) is 2.52. The third-order valence-corrected chi connectivity index (χ3v) is 6.13. The fourth-order valence-corrected chi connectivity index (χ4v) is 4.13. The van der Waals surface area contributed by atoms with Crippen LogP contribution in [0, 0.1) is 13.8 Å². The van der Waals surface area contributed by atoms with E-state index < -0.39 is 0 Å². The largest absolute Gasteiger partial charge is 0.459 e. The molecule has 4 aromatic heterocycles. The van der Waals surface area contributed by atoms with Crippen molar-refractivity contribution in [3.05, 3.63) is 58.3 Å². The summed E-state index contributed by atoms with van der Waals surface area (Å²) in [6.07, 6.45) is 0.937. The summed E-state index contributed by atoms with van der Waals surface area (Å²) >= 11 is 23.2. The number of anilines is 2. The third-order valence-electron chi connectivity index (χ3n) is 5.45. The second-order valence-electron chi connectivity index (χ2n) is 9.87. The van der Waals surface area contributed by atoms with Crippen LogP contribution in [0.3, 0.4) is 0 Å². The van der Waals surface area contributed by atoms with Gasteiger partial charge in [-0.15, -0.1) is 0 Å². The van der Waals surface area contributed by atoms with Gasteiger partial charge in [-0.2, -0.15) is 29.9 Å². The number of hydrogen-bond donors (Lipinski definition) is 2. The molecular formula is C27H34Cl4N14O3Y2-2. The van der Waals surface area contributed by atoms with E-state index in [4.69, 9.17) is 60.6 Å². The van der Waals surface area contributed by atoms with Gasteiger partial charge in [0.1, 0.15) is 24.4 Å². The van der Waals surface area contributed by atoms with E-state index in [9.17, 15) is 0 Å². The molecule has 4 rings (SSSR count). The molecule has 2 radical (unpaired) electrons. The number of ether oxygens (including phenoxy) is 3. The molecular weight excluding hydrogens is 888 g/mol. The van der Waals surface area contributed by atoms with Gasteiger partial charge in [-0.1, -0.05) is 13.8 Å². The summed E-state index contributed by atoms with van der Waals surface area (Å²) in [7, 11) is 0. The Morgan fingerprint density at radius 3 is 1.56 bits per heavy atom. The molecule has 0 aromatic carbocycles. The number of nitrogens with one attached hydrogen (secondary N) is 2. The van der Waals surface area contributed by atoms with Gasteiger partial charge in [-0.3, -0.25) is 0 Å². The predicted octanol–water partition coefficient (Wildman–Crippen LogP) is 4.37. The smallest absolute Gasteiger partial charge is 0.321 e. The first-order valence-corrected chi connectivity index (χ1v) is 16.0. The maximum absolute atomic E-state index is 5.89. The van der Waals surface area contributed by atoms with E-state index in [0.29, 0.717) is 55.4 Å². The fraction of sp³-hybridized carbons (Fsp3) is 0.481. The maximum Gasteiger partial charge on any atom is 0.321 e. The summed E-state index contributed by atoms with van der Waals surface area (Å²) in [6, 6.07) is 0.171. The first-order chi connectivity index (χ1) is 22.8. The van der Waals surface area contributed by atoms with Crippen molar-refractivity contribution >= 4 is 58.3 Å². The van der Waals surface area contributed by atoms with Crippen LogP contribution in [0.25, 0.3) is 0 Å². The van der Waals surface area contributed by atoms with Crippen LogP contribution in [0.4, 0.5) is 11.9 Å². The van der Waals surface area contributed by atoms with E-state index in [1.54, 1.807) is 6.92 Å². The zero-order valence-corrected chi connectivity index (χ0v) is 36.6. The van der Waals surface area contributed by atoms with Gasteiger partial charge >= 0.3 is 12.0 Å². The number of hydrogen-bond acceptors (Lipinski definition) is 17. The molecule has 0 bridgehead atoms. The number of rotatable bonds is 15. The van der Waals surface area contributed by atoms with Gasteiger partial charge < -0.3 is 38.7 Å². The van der Waals surface area contributed by atoms with Crippen molar-refractivity contribution in [3.8, 4) is 12.0 Å². The summed E-state index contributed by atoms with van der Waals surface area (Å²) < 4.78 is 16.6. The Morgan fingerprint density at radius 1 is 0.560 bits per heavy atom. The monoisotopic (exact) mass is 920 g/mol. The van der Waals surface area contributed by atoms with E-state index >= 15 is 0 Å². The SMILES string of the molecule is [CH2-]c1nc(Cl)nc(NC(C)COCC(C)Nc2nc(Cl)nc(CC)n2)n1.[CH2-]c1nc(Cl)nc(OCC(C)Oc2nc(Cl)nc(CC)n2)n1.[Y].[Y]. The number of aromatic nitrogens is 12. The van der Waals surface area contributed by atoms with E-state index in [0.717, 1.165) is 0 Å². The zero-order chi connectivity index (χ0) is 35.2. The Balaban J connectivity index is 0.000000487. The summed E-state index contributed by atoms with van der Waals surface area (Å²) in [5.41, 5.74) is 0. The van der Waals surface area contributed by atoms with Crippen LogP contribution in [0.5, 0.6) is 12.0 Å². The minimum absolute atomic E-state index is 0. The van der Waals surface area contributed by atoms with E-state index in [1.807, 2.05) is 27.7 Å². The molecule has 4 heterocycles. The molecule has 3 unspecified atom stereocenters. The van der Waals surface area contributed by atoms with Crippen molar-refractivity contribution in [1.82, 2.24) is 59.8 Å². The van der Waals surface area contributed by atoms with Crippen molar-refractivity contribution in [2.45, 2.75) is 65.6 Å². The van der Waals surface area contributed by atoms with Crippen molar-refractivity contribution in [2.75, 3.05) is 30.5 Å². The molecule has 23 heteroatoms. The molecule has 0 aliphatic rings. The molecule has 266 valence electrons. The van der Waals surface area contributed by atoms with Crippen LogP contribution in [-0.2, 0) is 83.0 Å². The molecule has 0 saturated heterocycles.